The third-order valence-electron chi connectivity index (χ3n) is 1.40. The molecule has 3 nitrogen and oxygen atoms in total. The van der Waals surface area contributed by atoms with Gasteiger partial charge in [0, 0.05) is 18.1 Å². The Balaban J connectivity index is 2.39. The van der Waals surface area contributed by atoms with Gasteiger partial charge in [0.25, 0.3) is 0 Å². The Labute approximate surface area is 87.5 Å². The molecule has 74 valence electrons. The van der Waals surface area contributed by atoms with Crippen LogP contribution in [0.3, 0.4) is 0 Å². The zero-order valence-corrected chi connectivity index (χ0v) is 9.84. The van der Waals surface area contributed by atoms with Gasteiger partial charge in [0.05, 0.1) is 5.75 Å². The smallest absolute Gasteiger partial charge is 0.202 e. The molecule has 1 aromatic rings. The minimum absolute atomic E-state index is 0.646. The first kappa shape index (κ1) is 10.8. The molecule has 0 spiro atoms. The fourth-order valence-electron chi connectivity index (χ4n) is 0.805. The van der Waals surface area contributed by atoms with Crippen LogP contribution in [0.4, 0.5) is 5.13 Å². The number of hydrogen-bond donors (Lipinski definition) is 1. The summed E-state index contributed by atoms with van der Waals surface area (Å²) in [6.07, 6.45) is 2.06. The molecule has 0 aliphatic carbocycles. The van der Waals surface area contributed by atoms with Crippen LogP contribution in [-0.2, 0) is 5.75 Å². The van der Waals surface area contributed by atoms with E-state index in [4.69, 9.17) is 0 Å². The van der Waals surface area contributed by atoms with Crippen LogP contribution in [-0.4, -0.2) is 22.2 Å². The number of thioether (sulfide) groups is 1. The summed E-state index contributed by atoms with van der Waals surface area (Å²) in [5.74, 6) is 2.48. The Morgan fingerprint density at radius 3 is 2.92 bits per heavy atom. The summed E-state index contributed by atoms with van der Waals surface area (Å²) in [5.41, 5.74) is 0. The Kier molecular flexibility index (Phi) is 4.52. The molecule has 1 aromatic heterocycles. The fraction of sp³-hybridized carbons (Fsp3) is 0.750. The second-order valence-electron chi connectivity index (χ2n) is 3.22. The van der Waals surface area contributed by atoms with E-state index in [0.29, 0.717) is 5.92 Å². The summed E-state index contributed by atoms with van der Waals surface area (Å²) in [6, 6.07) is 0. The van der Waals surface area contributed by atoms with Crippen molar-refractivity contribution in [3.05, 3.63) is 5.82 Å². The van der Waals surface area contributed by atoms with E-state index in [-0.39, 0.29) is 0 Å². The van der Waals surface area contributed by atoms with Gasteiger partial charge < -0.3 is 5.32 Å². The monoisotopic (exact) mass is 217 g/mol. The molecule has 0 bridgehead atoms. The van der Waals surface area contributed by atoms with Crippen molar-refractivity contribution in [2.24, 2.45) is 5.92 Å². The van der Waals surface area contributed by atoms with Crippen molar-refractivity contribution in [3.63, 3.8) is 0 Å². The van der Waals surface area contributed by atoms with Gasteiger partial charge >= 0.3 is 0 Å². The molecule has 0 saturated carbocycles. The van der Waals surface area contributed by atoms with Crippen molar-refractivity contribution in [2.75, 3.05) is 18.1 Å². The number of hydrogen-bond acceptors (Lipinski definition) is 5. The predicted octanol–water partition coefficient (Wildman–Crippen LogP) is 2.47. The van der Waals surface area contributed by atoms with Gasteiger partial charge in [0.1, 0.15) is 0 Å². The average molecular weight is 217 g/mol. The molecule has 1 heterocycles. The molecule has 1 rings (SSSR count). The number of nitrogens with zero attached hydrogens (tertiary/aromatic N) is 2. The highest BCUT2D eigenvalue weighted by Crippen LogP contribution is 2.14. The normalized spacial score (nSPS) is 10.8. The van der Waals surface area contributed by atoms with Crippen LogP contribution in [0.5, 0.6) is 0 Å². The van der Waals surface area contributed by atoms with Crippen molar-refractivity contribution in [3.8, 4) is 0 Å². The molecular formula is C8H15N3S2. The van der Waals surface area contributed by atoms with E-state index < -0.39 is 0 Å². The molecule has 0 fully saturated rings. The van der Waals surface area contributed by atoms with Crippen molar-refractivity contribution in [1.82, 2.24) is 9.36 Å². The second kappa shape index (κ2) is 5.44. The van der Waals surface area contributed by atoms with Gasteiger partial charge in [-0.2, -0.15) is 16.1 Å². The summed E-state index contributed by atoms with van der Waals surface area (Å²) >= 11 is 3.19. The molecule has 0 amide bonds. The summed E-state index contributed by atoms with van der Waals surface area (Å²) in [7, 11) is 0. The molecule has 0 aliphatic rings. The van der Waals surface area contributed by atoms with E-state index in [0.717, 1.165) is 23.3 Å². The third-order valence-corrected chi connectivity index (χ3v) is 2.66. The number of anilines is 1. The van der Waals surface area contributed by atoms with Crippen molar-refractivity contribution >= 4 is 28.4 Å². The highest BCUT2D eigenvalue weighted by molar-refractivity contribution is 7.97. The van der Waals surface area contributed by atoms with E-state index in [1.807, 2.05) is 0 Å². The van der Waals surface area contributed by atoms with Gasteiger partial charge in [-0.1, -0.05) is 13.8 Å². The van der Waals surface area contributed by atoms with Crippen LogP contribution >= 0.6 is 23.3 Å². The molecule has 5 heteroatoms. The first-order valence-corrected chi connectivity index (χ1v) is 6.44. The maximum atomic E-state index is 4.35. The molecule has 0 aromatic carbocycles. The minimum Gasteiger partial charge on any atom is -0.360 e. The lowest BCUT2D eigenvalue weighted by Gasteiger charge is -2.03. The van der Waals surface area contributed by atoms with Crippen molar-refractivity contribution in [2.45, 2.75) is 19.6 Å². The molecule has 0 aliphatic heterocycles. The summed E-state index contributed by atoms with van der Waals surface area (Å²) in [4.78, 5) is 4.35. The standard InChI is InChI=1S/C8H15N3S2/c1-6(2)4-9-8-10-7(5-12-3)11-13-8/h6H,4-5H2,1-3H3,(H,9,10,11). The lowest BCUT2D eigenvalue weighted by Crippen LogP contribution is -2.07. The van der Waals surface area contributed by atoms with Gasteiger partial charge in [-0.15, -0.1) is 0 Å². The summed E-state index contributed by atoms with van der Waals surface area (Å²) in [5, 5.41) is 4.20. The zero-order chi connectivity index (χ0) is 9.68. The van der Waals surface area contributed by atoms with Crippen molar-refractivity contribution in [1.29, 1.82) is 0 Å². The van der Waals surface area contributed by atoms with E-state index in [1.165, 1.54) is 11.5 Å². The Hall–Kier alpha value is -0.290. The topological polar surface area (TPSA) is 37.8 Å². The van der Waals surface area contributed by atoms with E-state index >= 15 is 0 Å². The lowest BCUT2D eigenvalue weighted by atomic mass is 10.2. The maximum absolute atomic E-state index is 4.35. The number of aromatic nitrogens is 2. The van der Waals surface area contributed by atoms with Crippen LogP contribution in [0.25, 0.3) is 0 Å². The quantitative estimate of drug-likeness (QED) is 0.822. The van der Waals surface area contributed by atoms with E-state index in [2.05, 4.69) is 34.8 Å². The van der Waals surface area contributed by atoms with Gasteiger partial charge in [-0.3, -0.25) is 0 Å². The second-order valence-corrected chi connectivity index (χ2v) is 4.84. The SMILES string of the molecule is CSCc1nsc(NCC(C)C)n1. The highest BCUT2D eigenvalue weighted by atomic mass is 32.2. The first-order chi connectivity index (χ1) is 6.22. The molecule has 0 radical (unpaired) electrons. The summed E-state index contributed by atoms with van der Waals surface area (Å²) < 4.78 is 4.23. The van der Waals surface area contributed by atoms with Crippen LogP contribution in [0.15, 0.2) is 0 Å². The van der Waals surface area contributed by atoms with Gasteiger partial charge in [-0.05, 0) is 12.2 Å². The Morgan fingerprint density at radius 2 is 2.31 bits per heavy atom. The fourth-order valence-corrected chi connectivity index (χ4v) is 1.87. The predicted molar refractivity (Wildman–Crippen MR) is 60.5 cm³/mol. The highest BCUT2D eigenvalue weighted by Gasteiger charge is 2.02. The number of rotatable bonds is 5. The molecule has 13 heavy (non-hydrogen) atoms. The van der Waals surface area contributed by atoms with E-state index in [1.54, 1.807) is 11.8 Å². The van der Waals surface area contributed by atoms with E-state index in [9.17, 15) is 0 Å². The van der Waals surface area contributed by atoms with Gasteiger partial charge in [0.15, 0.2) is 5.82 Å². The molecule has 0 unspecified atom stereocenters. The van der Waals surface area contributed by atoms with Gasteiger partial charge in [0.2, 0.25) is 5.13 Å². The van der Waals surface area contributed by atoms with Crippen LogP contribution < -0.4 is 5.32 Å². The minimum atomic E-state index is 0.646. The largest absolute Gasteiger partial charge is 0.360 e. The third kappa shape index (κ3) is 3.95. The molecule has 0 saturated heterocycles. The maximum Gasteiger partial charge on any atom is 0.202 e. The van der Waals surface area contributed by atoms with Crippen molar-refractivity contribution < 1.29 is 0 Å². The molecule has 0 atom stereocenters. The Bertz CT molecular complexity index is 247. The van der Waals surface area contributed by atoms with Gasteiger partial charge in [-0.25, -0.2) is 4.98 Å². The van der Waals surface area contributed by atoms with Crippen LogP contribution in [0, 0.1) is 5.92 Å². The zero-order valence-electron chi connectivity index (χ0n) is 8.20. The Morgan fingerprint density at radius 1 is 1.54 bits per heavy atom. The average Bonchev–Trinajstić information content (AvgIpc) is 2.50. The van der Waals surface area contributed by atoms with Crippen LogP contribution in [0.1, 0.15) is 19.7 Å². The molecule has 1 N–H and O–H groups in total. The van der Waals surface area contributed by atoms with Crippen LogP contribution in [0.2, 0.25) is 0 Å². The first-order valence-electron chi connectivity index (χ1n) is 4.27. The summed E-state index contributed by atoms with van der Waals surface area (Å²) in [6.45, 7) is 5.32. The molecular weight excluding hydrogens is 202 g/mol. The lowest BCUT2D eigenvalue weighted by molar-refractivity contribution is 0.688. The number of nitrogens with one attached hydrogen (secondary N) is 1.